The molecular formula is C8H12N2O2S. The lowest BCUT2D eigenvalue weighted by Gasteiger charge is -2.00. The molecular weight excluding hydrogens is 188 g/mol. The van der Waals surface area contributed by atoms with Gasteiger partial charge in [0.25, 0.3) is 0 Å². The third-order valence-corrected chi connectivity index (χ3v) is 2.04. The summed E-state index contributed by atoms with van der Waals surface area (Å²) < 4.78 is 6.54. The Labute approximate surface area is 81.3 Å². The number of aryl methyl sites for hydroxylation is 1. The summed E-state index contributed by atoms with van der Waals surface area (Å²) in [6.07, 6.45) is 5.11. The smallest absolute Gasteiger partial charge is 0.341 e. The first-order valence-electron chi connectivity index (χ1n) is 3.88. The number of hydrogen-bond acceptors (Lipinski definition) is 4. The van der Waals surface area contributed by atoms with Crippen molar-refractivity contribution in [1.82, 2.24) is 9.78 Å². The molecule has 72 valence electrons. The first-order valence-corrected chi connectivity index (χ1v) is 5.28. The normalized spacial score (nSPS) is 10.0. The number of rotatable bonds is 4. The van der Waals surface area contributed by atoms with Crippen molar-refractivity contribution >= 4 is 17.7 Å². The largest absolute Gasteiger partial charge is 0.461 e. The first-order chi connectivity index (χ1) is 6.24. The van der Waals surface area contributed by atoms with Crippen molar-refractivity contribution in [1.29, 1.82) is 0 Å². The highest BCUT2D eigenvalue weighted by Crippen LogP contribution is 2.00. The van der Waals surface area contributed by atoms with Gasteiger partial charge in [-0.2, -0.15) is 16.9 Å². The van der Waals surface area contributed by atoms with Crippen LogP contribution >= 0.6 is 11.8 Å². The molecule has 0 aliphatic rings. The van der Waals surface area contributed by atoms with Gasteiger partial charge < -0.3 is 4.74 Å². The third kappa shape index (κ3) is 3.10. The lowest BCUT2D eigenvalue weighted by molar-refractivity contribution is 0.0530. The number of thioether (sulfide) groups is 1. The lowest BCUT2D eigenvalue weighted by Crippen LogP contribution is -2.06. The molecule has 0 aliphatic heterocycles. The van der Waals surface area contributed by atoms with Crippen LogP contribution < -0.4 is 0 Å². The van der Waals surface area contributed by atoms with E-state index >= 15 is 0 Å². The molecule has 5 heteroatoms. The second-order valence-electron chi connectivity index (χ2n) is 2.53. The summed E-state index contributed by atoms with van der Waals surface area (Å²) in [6, 6.07) is 0. The van der Waals surface area contributed by atoms with Gasteiger partial charge in [0.15, 0.2) is 0 Å². The molecule has 0 bridgehead atoms. The fourth-order valence-corrected chi connectivity index (χ4v) is 1.08. The maximum absolute atomic E-state index is 11.2. The fourth-order valence-electron chi connectivity index (χ4n) is 0.828. The summed E-state index contributed by atoms with van der Waals surface area (Å²) in [5.41, 5.74) is 0.503. The standard InChI is InChI=1S/C8H12N2O2S/c1-10-6-7(5-9-10)8(11)12-3-4-13-2/h5-6H,3-4H2,1-2H3. The number of hydrogen-bond donors (Lipinski definition) is 0. The van der Waals surface area contributed by atoms with Crippen molar-refractivity contribution in [2.45, 2.75) is 0 Å². The minimum atomic E-state index is -0.304. The molecule has 1 heterocycles. The molecule has 0 unspecified atom stereocenters. The molecule has 13 heavy (non-hydrogen) atoms. The quantitative estimate of drug-likeness (QED) is 0.536. The lowest BCUT2D eigenvalue weighted by atomic mass is 10.4. The van der Waals surface area contributed by atoms with E-state index in [2.05, 4.69) is 5.10 Å². The van der Waals surface area contributed by atoms with Gasteiger partial charge in [-0.1, -0.05) is 0 Å². The van der Waals surface area contributed by atoms with E-state index in [4.69, 9.17) is 4.74 Å². The predicted molar refractivity (Wildman–Crippen MR) is 51.9 cm³/mol. The Morgan fingerprint density at radius 3 is 3.08 bits per heavy atom. The van der Waals surface area contributed by atoms with Crippen molar-refractivity contribution in [2.75, 3.05) is 18.6 Å². The Morgan fingerprint density at radius 1 is 1.77 bits per heavy atom. The Balaban J connectivity index is 2.40. The van der Waals surface area contributed by atoms with Gasteiger partial charge in [0.2, 0.25) is 0 Å². The maximum Gasteiger partial charge on any atom is 0.341 e. The van der Waals surface area contributed by atoms with E-state index in [-0.39, 0.29) is 5.97 Å². The van der Waals surface area contributed by atoms with Crippen molar-refractivity contribution in [3.05, 3.63) is 18.0 Å². The average Bonchev–Trinajstić information content (AvgIpc) is 2.52. The fraction of sp³-hybridized carbons (Fsp3) is 0.500. The summed E-state index contributed by atoms with van der Waals surface area (Å²) in [5.74, 6) is 0.522. The Hall–Kier alpha value is -0.970. The SMILES string of the molecule is CSCCOC(=O)c1cnn(C)c1. The van der Waals surface area contributed by atoms with Gasteiger partial charge in [-0.25, -0.2) is 4.79 Å². The number of carbonyl (C=O) groups excluding carboxylic acids is 1. The van der Waals surface area contributed by atoms with Gasteiger partial charge in [-0.15, -0.1) is 0 Å². The zero-order chi connectivity index (χ0) is 9.68. The highest BCUT2D eigenvalue weighted by Gasteiger charge is 2.07. The molecule has 4 nitrogen and oxygen atoms in total. The highest BCUT2D eigenvalue weighted by molar-refractivity contribution is 7.98. The molecule has 0 atom stereocenters. The second-order valence-corrected chi connectivity index (χ2v) is 3.52. The van der Waals surface area contributed by atoms with Gasteiger partial charge in [0.1, 0.15) is 6.61 Å². The summed E-state index contributed by atoms with van der Waals surface area (Å²) in [5, 5.41) is 3.88. The van der Waals surface area contributed by atoms with Crippen molar-refractivity contribution in [3.63, 3.8) is 0 Å². The van der Waals surface area contributed by atoms with Gasteiger partial charge in [0.05, 0.1) is 11.8 Å². The monoisotopic (exact) mass is 200 g/mol. The number of carbonyl (C=O) groups is 1. The third-order valence-electron chi connectivity index (χ3n) is 1.46. The van der Waals surface area contributed by atoms with Crippen molar-refractivity contribution < 1.29 is 9.53 Å². The van der Waals surface area contributed by atoms with E-state index in [0.29, 0.717) is 12.2 Å². The van der Waals surface area contributed by atoms with Crippen LogP contribution in [0.3, 0.4) is 0 Å². The van der Waals surface area contributed by atoms with Crippen LogP contribution in [0.2, 0.25) is 0 Å². The molecule has 1 rings (SSSR count). The van der Waals surface area contributed by atoms with Crippen LogP contribution in [0, 0.1) is 0 Å². The van der Waals surface area contributed by atoms with Gasteiger partial charge in [-0.05, 0) is 6.26 Å². The van der Waals surface area contributed by atoms with Gasteiger partial charge in [0, 0.05) is 19.0 Å². The molecule has 0 aromatic carbocycles. The Morgan fingerprint density at radius 2 is 2.54 bits per heavy atom. The number of aromatic nitrogens is 2. The second kappa shape index (κ2) is 4.91. The van der Waals surface area contributed by atoms with Gasteiger partial charge >= 0.3 is 5.97 Å². The maximum atomic E-state index is 11.2. The molecule has 1 aromatic rings. The molecule has 0 spiro atoms. The van der Waals surface area contributed by atoms with E-state index in [9.17, 15) is 4.79 Å². The van der Waals surface area contributed by atoms with Crippen molar-refractivity contribution in [3.8, 4) is 0 Å². The van der Waals surface area contributed by atoms with Crippen LogP contribution in [0.25, 0.3) is 0 Å². The van der Waals surface area contributed by atoms with E-state index in [1.54, 1.807) is 29.7 Å². The Kier molecular flexibility index (Phi) is 3.82. The van der Waals surface area contributed by atoms with Crippen LogP contribution in [0.15, 0.2) is 12.4 Å². The van der Waals surface area contributed by atoms with Crippen LogP contribution in [0.5, 0.6) is 0 Å². The van der Waals surface area contributed by atoms with Crippen LogP contribution in [-0.2, 0) is 11.8 Å². The zero-order valence-corrected chi connectivity index (χ0v) is 8.50. The molecule has 0 amide bonds. The molecule has 0 aliphatic carbocycles. The number of ether oxygens (including phenoxy) is 1. The summed E-state index contributed by atoms with van der Waals surface area (Å²) in [7, 11) is 1.76. The van der Waals surface area contributed by atoms with E-state index in [1.807, 2.05) is 6.26 Å². The van der Waals surface area contributed by atoms with Crippen LogP contribution in [0.4, 0.5) is 0 Å². The predicted octanol–water partition coefficient (Wildman–Crippen LogP) is 0.940. The molecule has 0 N–H and O–H groups in total. The van der Waals surface area contributed by atoms with Crippen LogP contribution in [-0.4, -0.2) is 34.4 Å². The molecule has 0 saturated heterocycles. The molecule has 1 aromatic heterocycles. The Bertz CT molecular complexity index is 285. The summed E-state index contributed by atoms with van der Waals surface area (Å²) in [6.45, 7) is 0.453. The topological polar surface area (TPSA) is 44.1 Å². The summed E-state index contributed by atoms with van der Waals surface area (Å²) in [4.78, 5) is 11.2. The zero-order valence-electron chi connectivity index (χ0n) is 7.69. The van der Waals surface area contributed by atoms with Crippen molar-refractivity contribution in [2.24, 2.45) is 7.05 Å². The van der Waals surface area contributed by atoms with E-state index in [1.165, 1.54) is 6.20 Å². The highest BCUT2D eigenvalue weighted by atomic mass is 32.2. The van der Waals surface area contributed by atoms with Crippen LogP contribution in [0.1, 0.15) is 10.4 Å². The first kappa shape index (κ1) is 10.1. The minimum absolute atomic E-state index is 0.304. The van der Waals surface area contributed by atoms with Gasteiger partial charge in [-0.3, -0.25) is 4.68 Å². The molecule has 0 radical (unpaired) electrons. The van der Waals surface area contributed by atoms with E-state index < -0.39 is 0 Å². The summed E-state index contributed by atoms with van der Waals surface area (Å²) >= 11 is 1.65. The molecule has 0 fully saturated rings. The molecule has 0 saturated carbocycles. The minimum Gasteiger partial charge on any atom is -0.461 e. The number of esters is 1. The van der Waals surface area contributed by atoms with E-state index in [0.717, 1.165) is 5.75 Å². The average molecular weight is 200 g/mol. The number of nitrogens with zero attached hydrogens (tertiary/aromatic N) is 2.